The Balaban J connectivity index is 1.44. The van der Waals surface area contributed by atoms with Crippen molar-refractivity contribution in [3.8, 4) is 0 Å². The Morgan fingerprint density at radius 3 is 2.53 bits per heavy atom. The first kappa shape index (κ1) is 13.3. The highest BCUT2D eigenvalue weighted by molar-refractivity contribution is 4.87. The van der Waals surface area contributed by atoms with Crippen molar-refractivity contribution < 1.29 is 4.74 Å². The van der Waals surface area contributed by atoms with Gasteiger partial charge in [-0.25, -0.2) is 0 Å². The van der Waals surface area contributed by atoms with E-state index in [0.717, 1.165) is 32.2 Å². The van der Waals surface area contributed by atoms with Gasteiger partial charge in [0, 0.05) is 59.0 Å². The minimum Gasteiger partial charge on any atom is -0.385 e. The monoisotopic (exact) mass is 241 g/mol. The summed E-state index contributed by atoms with van der Waals surface area (Å²) in [6.45, 7) is 9.36. The second-order valence-corrected chi connectivity index (χ2v) is 5.21. The highest BCUT2D eigenvalue weighted by atomic mass is 16.5. The molecule has 17 heavy (non-hydrogen) atoms. The van der Waals surface area contributed by atoms with E-state index >= 15 is 0 Å². The predicted molar refractivity (Wildman–Crippen MR) is 70.4 cm³/mol. The van der Waals surface area contributed by atoms with Gasteiger partial charge in [-0.2, -0.15) is 0 Å². The first-order chi connectivity index (χ1) is 8.40. The molecule has 1 N–H and O–H groups in total. The van der Waals surface area contributed by atoms with E-state index in [-0.39, 0.29) is 0 Å². The Bertz CT molecular complexity index is 201. The fourth-order valence-electron chi connectivity index (χ4n) is 2.50. The standard InChI is InChI=1S/C13H27N3O/c1-17-12-2-5-14-6-7-15-8-10-16(11-9-15)13-3-4-13/h13-14H,2-12H2,1H3. The average Bonchev–Trinajstić information content (AvgIpc) is 3.19. The molecule has 1 aliphatic heterocycles. The normalized spacial score (nSPS) is 23.1. The third-order valence-electron chi connectivity index (χ3n) is 3.78. The molecule has 0 atom stereocenters. The van der Waals surface area contributed by atoms with Crippen LogP contribution in [0.3, 0.4) is 0 Å². The van der Waals surface area contributed by atoms with Crippen LogP contribution in [0.25, 0.3) is 0 Å². The molecule has 2 fully saturated rings. The van der Waals surface area contributed by atoms with Crippen molar-refractivity contribution >= 4 is 0 Å². The van der Waals surface area contributed by atoms with Crippen LogP contribution in [0.1, 0.15) is 19.3 Å². The van der Waals surface area contributed by atoms with Crippen LogP contribution in [0.2, 0.25) is 0 Å². The van der Waals surface area contributed by atoms with E-state index in [1.807, 2.05) is 0 Å². The summed E-state index contributed by atoms with van der Waals surface area (Å²) in [6.07, 6.45) is 4.01. The molecule has 0 aromatic heterocycles. The smallest absolute Gasteiger partial charge is 0.0474 e. The molecular weight excluding hydrogens is 214 g/mol. The Morgan fingerprint density at radius 2 is 1.88 bits per heavy atom. The van der Waals surface area contributed by atoms with Crippen molar-refractivity contribution in [2.75, 3.05) is 59.5 Å². The second kappa shape index (κ2) is 7.31. The van der Waals surface area contributed by atoms with E-state index in [1.165, 1.54) is 45.6 Å². The van der Waals surface area contributed by atoms with E-state index in [2.05, 4.69) is 15.1 Å². The summed E-state index contributed by atoms with van der Waals surface area (Å²) < 4.78 is 5.02. The minimum atomic E-state index is 0.868. The number of piperazine rings is 1. The largest absolute Gasteiger partial charge is 0.385 e. The van der Waals surface area contributed by atoms with Gasteiger partial charge >= 0.3 is 0 Å². The molecule has 2 aliphatic rings. The molecule has 0 radical (unpaired) electrons. The fourth-order valence-corrected chi connectivity index (χ4v) is 2.50. The molecule has 0 bridgehead atoms. The van der Waals surface area contributed by atoms with Crippen LogP contribution in [0.5, 0.6) is 0 Å². The molecule has 1 saturated heterocycles. The molecule has 1 aliphatic carbocycles. The molecular formula is C13H27N3O. The summed E-state index contributed by atoms with van der Waals surface area (Å²) in [7, 11) is 1.76. The summed E-state index contributed by atoms with van der Waals surface area (Å²) in [5.74, 6) is 0. The molecule has 4 nitrogen and oxygen atoms in total. The van der Waals surface area contributed by atoms with Crippen LogP contribution >= 0.6 is 0 Å². The lowest BCUT2D eigenvalue weighted by Gasteiger charge is -2.34. The van der Waals surface area contributed by atoms with Crippen LogP contribution in [-0.2, 0) is 4.74 Å². The number of hydrogen-bond donors (Lipinski definition) is 1. The van der Waals surface area contributed by atoms with Crippen molar-refractivity contribution in [1.82, 2.24) is 15.1 Å². The number of nitrogens with zero attached hydrogens (tertiary/aromatic N) is 2. The SMILES string of the molecule is COCCCNCCN1CCN(C2CC2)CC1. The average molecular weight is 241 g/mol. The quantitative estimate of drug-likeness (QED) is 0.622. The van der Waals surface area contributed by atoms with Crippen molar-refractivity contribution in [2.45, 2.75) is 25.3 Å². The van der Waals surface area contributed by atoms with E-state index in [0.29, 0.717) is 0 Å². The molecule has 1 saturated carbocycles. The molecule has 0 unspecified atom stereocenters. The van der Waals surface area contributed by atoms with Crippen molar-refractivity contribution in [3.05, 3.63) is 0 Å². The van der Waals surface area contributed by atoms with Gasteiger partial charge in [-0.15, -0.1) is 0 Å². The number of hydrogen-bond acceptors (Lipinski definition) is 4. The number of nitrogens with one attached hydrogen (secondary N) is 1. The molecule has 0 aromatic rings. The zero-order valence-corrected chi connectivity index (χ0v) is 11.2. The van der Waals surface area contributed by atoms with Crippen LogP contribution in [0.15, 0.2) is 0 Å². The highest BCUT2D eigenvalue weighted by Crippen LogP contribution is 2.27. The van der Waals surface area contributed by atoms with Crippen molar-refractivity contribution in [1.29, 1.82) is 0 Å². The Hall–Kier alpha value is -0.160. The van der Waals surface area contributed by atoms with E-state index < -0.39 is 0 Å². The van der Waals surface area contributed by atoms with E-state index in [4.69, 9.17) is 4.74 Å². The Morgan fingerprint density at radius 1 is 1.12 bits per heavy atom. The summed E-state index contributed by atoms with van der Waals surface area (Å²) in [5, 5.41) is 3.48. The molecule has 4 heteroatoms. The first-order valence-corrected chi connectivity index (χ1v) is 7.06. The third-order valence-corrected chi connectivity index (χ3v) is 3.78. The van der Waals surface area contributed by atoms with Gasteiger partial charge in [-0.1, -0.05) is 0 Å². The Kier molecular flexibility index (Phi) is 5.71. The molecule has 0 amide bonds. The van der Waals surface area contributed by atoms with Gasteiger partial charge in [-0.05, 0) is 25.8 Å². The lowest BCUT2D eigenvalue weighted by Crippen LogP contribution is -2.48. The maximum absolute atomic E-state index is 5.02. The summed E-state index contributed by atoms with van der Waals surface area (Å²) in [5.41, 5.74) is 0. The maximum Gasteiger partial charge on any atom is 0.0474 e. The fraction of sp³-hybridized carbons (Fsp3) is 1.00. The zero-order chi connectivity index (χ0) is 11.9. The van der Waals surface area contributed by atoms with E-state index in [1.54, 1.807) is 7.11 Å². The van der Waals surface area contributed by atoms with Gasteiger partial charge in [0.05, 0.1) is 0 Å². The Labute approximate surface area is 105 Å². The molecule has 2 rings (SSSR count). The molecule has 1 heterocycles. The summed E-state index contributed by atoms with van der Waals surface area (Å²) in [4.78, 5) is 5.25. The number of methoxy groups -OCH3 is 1. The van der Waals surface area contributed by atoms with Gasteiger partial charge in [0.15, 0.2) is 0 Å². The second-order valence-electron chi connectivity index (χ2n) is 5.21. The van der Waals surface area contributed by atoms with Crippen LogP contribution in [-0.4, -0.2) is 75.4 Å². The third kappa shape index (κ3) is 4.92. The van der Waals surface area contributed by atoms with Crippen LogP contribution < -0.4 is 5.32 Å². The number of rotatable bonds is 8. The van der Waals surface area contributed by atoms with Gasteiger partial charge in [0.2, 0.25) is 0 Å². The topological polar surface area (TPSA) is 27.7 Å². The van der Waals surface area contributed by atoms with Crippen molar-refractivity contribution in [3.63, 3.8) is 0 Å². The predicted octanol–water partition coefficient (Wildman–Crippen LogP) is 0.393. The zero-order valence-electron chi connectivity index (χ0n) is 11.2. The highest BCUT2D eigenvalue weighted by Gasteiger charge is 2.30. The van der Waals surface area contributed by atoms with Crippen LogP contribution in [0.4, 0.5) is 0 Å². The summed E-state index contributed by atoms with van der Waals surface area (Å²) in [6, 6.07) is 0.948. The van der Waals surface area contributed by atoms with E-state index in [9.17, 15) is 0 Å². The van der Waals surface area contributed by atoms with Gasteiger partial charge in [0.25, 0.3) is 0 Å². The molecule has 100 valence electrons. The van der Waals surface area contributed by atoms with Crippen LogP contribution in [0, 0.1) is 0 Å². The van der Waals surface area contributed by atoms with Crippen molar-refractivity contribution in [2.24, 2.45) is 0 Å². The molecule has 0 aromatic carbocycles. The first-order valence-electron chi connectivity index (χ1n) is 7.06. The maximum atomic E-state index is 5.02. The van der Waals surface area contributed by atoms with Gasteiger partial charge in [-0.3, -0.25) is 9.80 Å². The lowest BCUT2D eigenvalue weighted by atomic mass is 10.3. The lowest BCUT2D eigenvalue weighted by molar-refractivity contribution is 0.127. The van der Waals surface area contributed by atoms with Gasteiger partial charge < -0.3 is 10.1 Å². The van der Waals surface area contributed by atoms with Gasteiger partial charge in [0.1, 0.15) is 0 Å². The minimum absolute atomic E-state index is 0.868. The summed E-state index contributed by atoms with van der Waals surface area (Å²) >= 11 is 0. The molecule has 0 spiro atoms. The number of ether oxygens (including phenoxy) is 1.